The molecule has 0 unspecified atom stereocenters. The van der Waals surface area contributed by atoms with Gasteiger partial charge < -0.3 is 0 Å². The topological polar surface area (TPSA) is 50.2 Å². The van der Waals surface area contributed by atoms with Crippen molar-refractivity contribution in [1.82, 2.24) is 14.6 Å². The largest absolute Gasteiger partial charge is 0.293 e. The van der Waals surface area contributed by atoms with Crippen molar-refractivity contribution in [3.63, 3.8) is 0 Å². The maximum Gasteiger partial charge on any atom is 0.276 e. The zero-order chi connectivity index (χ0) is 20.7. The molecular weight excluding hydrogens is 382 g/mol. The van der Waals surface area contributed by atoms with Gasteiger partial charge in [0.25, 0.3) is 5.56 Å². The minimum Gasteiger partial charge on any atom is -0.293 e. The van der Waals surface area contributed by atoms with Crippen molar-refractivity contribution >= 4 is 17.2 Å². The minimum absolute atomic E-state index is 0.0521. The van der Waals surface area contributed by atoms with Gasteiger partial charge in [-0.3, -0.25) is 9.89 Å². The van der Waals surface area contributed by atoms with Crippen LogP contribution < -0.4 is 5.56 Å². The summed E-state index contributed by atoms with van der Waals surface area (Å²) in [6.45, 7) is 8.22. The highest BCUT2D eigenvalue weighted by Gasteiger charge is 2.18. The molecule has 0 atom stereocenters. The SMILES string of the molecule is Cc1nc2c(-c3ccc(Cl)cc3)c(C)[nH]n2c(=O)c1Cc1ccc(C(C)C)cc1. The lowest BCUT2D eigenvalue weighted by molar-refractivity contribution is 0.845. The van der Waals surface area contributed by atoms with Crippen LogP contribution in [0.3, 0.4) is 0 Å². The summed E-state index contributed by atoms with van der Waals surface area (Å²) in [5, 5.41) is 3.87. The van der Waals surface area contributed by atoms with E-state index in [9.17, 15) is 4.79 Å². The number of halogens is 1. The van der Waals surface area contributed by atoms with Crippen LogP contribution in [0.1, 0.15) is 47.8 Å². The molecule has 2 aromatic heterocycles. The normalized spacial score (nSPS) is 11.5. The Kier molecular flexibility index (Phi) is 5.05. The molecule has 5 heteroatoms. The van der Waals surface area contributed by atoms with Gasteiger partial charge in [0.1, 0.15) is 0 Å². The van der Waals surface area contributed by atoms with E-state index in [1.54, 1.807) is 4.52 Å². The predicted octanol–water partition coefficient (Wildman–Crippen LogP) is 5.67. The Hall–Kier alpha value is -2.85. The molecular formula is C24H24ClN3O. The van der Waals surface area contributed by atoms with Crippen LogP contribution in [0, 0.1) is 13.8 Å². The van der Waals surface area contributed by atoms with Crippen LogP contribution in [-0.4, -0.2) is 14.6 Å². The van der Waals surface area contributed by atoms with Gasteiger partial charge in [0.05, 0.1) is 0 Å². The number of fused-ring (bicyclic) bond motifs is 1. The number of aromatic nitrogens is 3. The maximum atomic E-state index is 13.3. The average molecular weight is 406 g/mol. The molecule has 2 heterocycles. The Labute approximate surface area is 175 Å². The van der Waals surface area contributed by atoms with Gasteiger partial charge in [-0.1, -0.05) is 61.8 Å². The average Bonchev–Trinajstić information content (AvgIpc) is 3.02. The molecule has 1 N–H and O–H groups in total. The van der Waals surface area contributed by atoms with E-state index < -0.39 is 0 Å². The van der Waals surface area contributed by atoms with Crippen molar-refractivity contribution in [3.05, 3.63) is 92.0 Å². The van der Waals surface area contributed by atoms with E-state index in [1.165, 1.54) is 5.56 Å². The summed E-state index contributed by atoms with van der Waals surface area (Å²) in [5.41, 5.74) is 7.27. The van der Waals surface area contributed by atoms with Crippen molar-refractivity contribution < 1.29 is 0 Å². The quantitative estimate of drug-likeness (QED) is 0.475. The van der Waals surface area contributed by atoms with Crippen molar-refractivity contribution in [1.29, 1.82) is 0 Å². The first-order valence-electron chi connectivity index (χ1n) is 9.80. The van der Waals surface area contributed by atoms with Crippen LogP contribution in [0.4, 0.5) is 0 Å². The third-order valence-corrected chi connectivity index (χ3v) is 5.67. The molecule has 29 heavy (non-hydrogen) atoms. The molecule has 0 fully saturated rings. The Morgan fingerprint density at radius 3 is 2.31 bits per heavy atom. The molecule has 4 aromatic rings. The third kappa shape index (κ3) is 3.60. The highest BCUT2D eigenvalue weighted by atomic mass is 35.5. The fourth-order valence-electron chi connectivity index (χ4n) is 3.72. The molecule has 4 nitrogen and oxygen atoms in total. The zero-order valence-electron chi connectivity index (χ0n) is 17.1. The fraction of sp³-hybridized carbons (Fsp3) is 0.250. The second-order valence-corrected chi connectivity index (χ2v) is 8.27. The van der Waals surface area contributed by atoms with Gasteiger partial charge in [-0.15, -0.1) is 0 Å². The van der Waals surface area contributed by atoms with E-state index in [-0.39, 0.29) is 5.56 Å². The monoisotopic (exact) mass is 405 g/mol. The summed E-state index contributed by atoms with van der Waals surface area (Å²) < 4.78 is 1.56. The second-order valence-electron chi connectivity index (χ2n) is 7.83. The molecule has 0 aliphatic rings. The summed E-state index contributed by atoms with van der Waals surface area (Å²) in [6, 6.07) is 16.1. The Morgan fingerprint density at radius 1 is 1.03 bits per heavy atom. The van der Waals surface area contributed by atoms with Gasteiger partial charge in [-0.25, -0.2) is 9.50 Å². The molecule has 0 spiro atoms. The number of aryl methyl sites for hydroxylation is 2. The molecule has 0 bridgehead atoms. The minimum atomic E-state index is -0.0521. The number of nitrogens with one attached hydrogen (secondary N) is 1. The zero-order valence-corrected chi connectivity index (χ0v) is 17.8. The first-order chi connectivity index (χ1) is 13.8. The lowest BCUT2D eigenvalue weighted by atomic mass is 9.99. The number of benzene rings is 2. The van der Waals surface area contributed by atoms with Crippen LogP contribution in [0.2, 0.25) is 5.02 Å². The lowest BCUT2D eigenvalue weighted by Gasteiger charge is -2.09. The molecule has 0 saturated carbocycles. The molecule has 0 radical (unpaired) electrons. The smallest absolute Gasteiger partial charge is 0.276 e. The number of hydrogen-bond acceptors (Lipinski definition) is 2. The van der Waals surface area contributed by atoms with Gasteiger partial charge in [-0.2, -0.15) is 0 Å². The van der Waals surface area contributed by atoms with E-state index in [1.807, 2.05) is 38.1 Å². The first-order valence-corrected chi connectivity index (χ1v) is 10.2. The van der Waals surface area contributed by atoms with Crippen molar-refractivity contribution in [2.45, 2.75) is 40.0 Å². The van der Waals surface area contributed by atoms with E-state index in [2.05, 4.69) is 43.2 Å². The molecule has 0 aliphatic carbocycles. The number of hydrogen-bond donors (Lipinski definition) is 1. The van der Waals surface area contributed by atoms with Crippen LogP contribution >= 0.6 is 11.6 Å². The standard InChI is InChI=1S/C24H24ClN3O/c1-14(2)18-7-5-17(6-8-18)13-21-15(3)26-23-22(16(4)27-28(23)24(21)29)19-9-11-20(25)12-10-19/h5-12,14,27H,13H2,1-4H3. The highest BCUT2D eigenvalue weighted by molar-refractivity contribution is 6.30. The van der Waals surface area contributed by atoms with Gasteiger partial charge >= 0.3 is 0 Å². The van der Waals surface area contributed by atoms with Crippen molar-refractivity contribution in [3.8, 4) is 11.1 Å². The van der Waals surface area contributed by atoms with E-state index in [0.717, 1.165) is 28.1 Å². The summed E-state index contributed by atoms with van der Waals surface area (Å²) in [6.07, 6.45) is 0.563. The third-order valence-electron chi connectivity index (χ3n) is 5.42. The van der Waals surface area contributed by atoms with Gasteiger partial charge in [0, 0.05) is 34.0 Å². The first kappa shape index (κ1) is 19.5. The molecule has 148 valence electrons. The summed E-state index contributed by atoms with van der Waals surface area (Å²) >= 11 is 6.03. The van der Waals surface area contributed by atoms with Crippen LogP contribution in [0.25, 0.3) is 16.8 Å². The number of rotatable bonds is 4. The molecule has 4 rings (SSSR count). The maximum absolute atomic E-state index is 13.3. The van der Waals surface area contributed by atoms with Crippen LogP contribution in [0.5, 0.6) is 0 Å². The summed E-state index contributed by atoms with van der Waals surface area (Å²) in [5.74, 6) is 0.489. The fourth-order valence-corrected chi connectivity index (χ4v) is 3.84. The molecule has 2 aromatic carbocycles. The van der Waals surface area contributed by atoms with E-state index in [0.29, 0.717) is 28.6 Å². The lowest BCUT2D eigenvalue weighted by Crippen LogP contribution is -2.22. The molecule has 0 saturated heterocycles. The van der Waals surface area contributed by atoms with Crippen molar-refractivity contribution in [2.75, 3.05) is 0 Å². The molecule has 0 aliphatic heterocycles. The predicted molar refractivity (Wildman–Crippen MR) is 119 cm³/mol. The number of H-pyrrole nitrogens is 1. The van der Waals surface area contributed by atoms with Gasteiger partial charge in [0.2, 0.25) is 0 Å². The van der Waals surface area contributed by atoms with E-state index in [4.69, 9.17) is 16.6 Å². The summed E-state index contributed by atoms with van der Waals surface area (Å²) in [4.78, 5) is 18.0. The van der Waals surface area contributed by atoms with Crippen molar-refractivity contribution in [2.24, 2.45) is 0 Å². The second kappa shape index (κ2) is 7.53. The Balaban J connectivity index is 1.79. The van der Waals surface area contributed by atoms with Gasteiger partial charge in [0.15, 0.2) is 5.65 Å². The number of aromatic amines is 1. The Bertz CT molecular complexity index is 1230. The van der Waals surface area contributed by atoms with Crippen LogP contribution in [0.15, 0.2) is 53.3 Å². The summed E-state index contributed by atoms with van der Waals surface area (Å²) in [7, 11) is 0. The van der Waals surface area contributed by atoms with E-state index >= 15 is 0 Å². The molecule has 0 amide bonds. The highest BCUT2D eigenvalue weighted by Crippen LogP contribution is 2.28. The Morgan fingerprint density at radius 2 is 1.69 bits per heavy atom. The van der Waals surface area contributed by atoms with Gasteiger partial charge in [-0.05, 0) is 48.6 Å². The van der Waals surface area contributed by atoms with Crippen LogP contribution in [-0.2, 0) is 6.42 Å². The number of nitrogens with zero attached hydrogens (tertiary/aromatic N) is 2.